The van der Waals surface area contributed by atoms with E-state index in [-0.39, 0.29) is 11.5 Å². The maximum Gasteiger partial charge on any atom is 0.519 e. The molecule has 0 aliphatic rings. The molecule has 0 spiro atoms. The fourth-order valence-electron chi connectivity index (χ4n) is 1.50. The van der Waals surface area contributed by atoms with Crippen LogP contribution in [0.2, 0.25) is 0 Å². The van der Waals surface area contributed by atoms with Crippen molar-refractivity contribution in [2.45, 2.75) is 0 Å². The second-order valence-corrected chi connectivity index (χ2v) is 4.10. The molecular weight excluding hydrogens is 292 g/mol. The van der Waals surface area contributed by atoms with Gasteiger partial charge in [0.25, 0.3) is 0 Å². The SMILES string of the molecule is O=C(Oc1cc(O)cccc1=O)Oc1cc(O)cccc1=O. The molecule has 2 aromatic rings. The normalized spacial score (nSPS) is 9.82. The summed E-state index contributed by atoms with van der Waals surface area (Å²) in [7, 11) is 0. The van der Waals surface area contributed by atoms with E-state index in [1.54, 1.807) is 0 Å². The average molecular weight is 302 g/mol. The molecule has 0 aliphatic heterocycles. The van der Waals surface area contributed by atoms with Gasteiger partial charge >= 0.3 is 6.16 Å². The standard InChI is InChI=1S/C15H10O7/c16-9-3-1-5-11(18)13(7-9)21-15(20)22-14-8-10(17)4-2-6-12(14)19/h1-8,16-17H. The number of hydrogen-bond donors (Lipinski definition) is 2. The minimum absolute atomic E-state index is 0.293. The molecule has 0 unspecified atom stereocenters. The lowest BCUT2D eigenvalue weighted by Crippen LogP contribution is -2.19. The topological polar surface area (TPSA) is 110 Å². The minimum atomic E-state index is -1.36. The van der Waals surface area contributed by atoms with Crippen LogP contribution in [0.25, 0.3) is 0 Å². The highest BCUT2D eigenvalue weighted by Crippen LogP contribution is 2.15. The maximum atomic E-state index is 11.6. The fraction of sp³-hybridized carbons (Fsp3) is 0. The summed E-state index contributed by atoms with van der Waals surface area (Å²) in [4.78, 5) is 34.8. The van der Waals surface area contributed by atoms with Crippen molar-refractivity contribution in [1.29, 1.82) is 0 Å². The molecule has 7 nitrogen and oxygen atoms in total. The lowest BCUT2D eigenvalue weighted by Gasteiger charge is -2.02. The van der Waals surface area contributed by atoms with Crippen LogP contribution in [0.1, 0.15) is 0 Å². The molecule has 0 atom stereocenters. The van der Waals surface area contributed by atoms with Gasteiger partial charge in [-0.1, -0.05) is 12.1 Å². The average Bonchev–Trinajstić information content (AvgIpc) is 2.68. The van der Waals surface area contributed by atoms with Crippen LogP contribution in [0, 0.1) is 0 Å². The Morgan fingerprint density at radius 2 is 1.18 bits per heavy atom. The fourth-order valence-corrected chi connectivity index (χ4v) is 1.50. The molecule has 0 aliphatic carbocycles. The van der Waals surface area contributed by atoms with Crippen LogP contribution in [0.5, 0.6) is 23.0 Å². The highest BCUT2D eigenvalue weighted by atomic mass is 16.7. The summed E-state index contributed by atoms with van der Waals surface area (Å²) in [6, 6.07) is 9.04. The number of carbonyl (C=O) groups is 1. The first-order valence-corrected chi connectivity index (χ1v) is 6.02. The Hall–Kier alpha value is -3.35. The Bertz CT molecular complexity index is 761. The van der Waals surface area contributed by atoms with E-state index in [1.165, 1.54) is 24.3 Å². The zero-order chi connectivity index (χ0) is 16.1. The summed E-state index contributed by atoms with van der Waals surface area (Å²) in [6.45, 7) is 0. The smallest absolute Gasteiger partial charge is 0.508 e. The number of hydrogen-bond acceptors (Lipinski definition) is 7. The van der Waals surface area contributed by atoms with Crippen LogP contribution in [0.15, 0.2) is 58.1 Å². The van der Waals surface area contributed by atoms with E-state index in [4.69, 9.17) is 0 Å². The lowest BCUT2D eigenvalue weighted by molar-refractivity contribution is 0.151. The third-order valence-electron chi connectivity index (χ3n) is 2.46. The number of aromatic hydroxyl groups is 2. The van der Waals surface area contributed by atoms with E-state index in [1.807, 2.05) is 0 Å². The molecule has 0 fully saturated rings. The first-order chi connectivity index (χ1) is 10.5. The summed E-state index contributed by atoms with van der Waals surface area (Å²) in [5.41, 5.74) is -1.33. The molecule has 2 N–H and O–H groups in total. The van der Waals surface area contributed by atoms with Crippen molar-refractivity contribution in [2.24, 2.45) is 0 Å². The van der Waals surface area contributed by atoms with Crippen LogP contribution in [-0.2, 0) is 0 Å². The van der Waals surface area contributed by atoms with Crippen LogP contribution in [0.3, 0.4) is 0 Å². The van der Waals surface area contributed by atoms with E-state index in [9.17, 15) is 24.6 Å². The van der Waals surface area contributed by atoms with E-state index in [0.717, 1.165) is 24.3 Å². The van der Waals surface area contributed by atoms with E-state index in [2.05, 4.69) is 9.47 Å². The number of rotatable bonds is 2. The van der Waals surface area contributed by atoms with E-state index in [0.29, 0.717) is 0 Å². The molecule has 0 heterocycles. The van der Waals surface area contributed by atoms with Gasteiger partial charge in [-0.05, 0) is 24.3 Å². The van der Waals surface area contributed by atoms with E-state index < -0.39 is 28.5 Å². The van der Waals surface area contributed by atoms with Gasteiger partial charge in [-0.15, -0.1) is 0 Å². The van der Waals surface area contributed by atoms with Crippen molar-refractivity contribution in [1.82, 2.24) is 0 Å². The summed E-state index contributed by atoms with van der Waals surface area (Å²) >= 11 is 0. The zero-order valence-electron chi connectivity index (χ0n) is 11.1. The summed E-state index contributed by atoms with van der Waals surface area (Å²) in [5, 5.41) is 18.7. The summed E-state index contributed by atoms with van der Waals surface area (Å²) < 4.78 is 9.32. The maximum absolute atomic E-state index is 11.6. The van der Waals surface area contributed by atoms with Crippen molar-refractivity contribution in [3.63, 3.8) is 0 Å². The molecule has 112 valence electrons. The quantitative estimate of drug-likeness (QED) is 0.806. The van der Waals surface area contributed by atoms with Gasteiger partial charge in [-0.25, -0.2) is 4.79 Å². The first kappa shape index (κ1) is 15.0. The molecule has 0 saturated carbocycles. The Morgan fingerprint density at radius 3 is 1.59 bits per heavy atom. The van der Waals surface area contributed by atoms with Crippen LogP contribution in [-0.4, -0.2) is 16.4 Å². The predicted molar refractivity (Wildman–Crippen MR) is 75.4 cm³/mol. The van der Waals surface area contributed by atoms with Crippen LogP contribution >= 0.6 is 0 Å². The van der Waals surface area contributed by atoms with E-state index >= 15 is 0 Å². The van der Waals surface area contributed by atoms with Crippen molar-refractivity contribution in [2.75, 3.05) is 0 Å². The zero-order valence-corrected chi connectivity index (χ0v) is 11.1. The Morgan fingerprint density at radius 1 is 0.773 bits per heavy atom. The van der Waals surface area contributed by atoms with Crippen molar-refractivity contribution < 1.29 is 24.5 Å². The van der Waals surface area contributed by atoms with Gasteiger partial charge in [-0.3, -0.25) is 9.59 Å². The Labute approximate surface area is 123 Å². The molecule has 7 heteroatoms. The molecule has 0 radical (unpaired) electrons. The third-order valence-corrected chi connectivity index (χ3v) is 2.46. The molecule has 0 amide bonds. The lowest BCUT2D eigenvalue weighted by atomic mass is 10.4. The molecule has 2 aromatic carbocycles. The van der Waals surface area contributed by atoms with Crippen LogP contribution < -0.4 is 20.3 Å². The second kappa shape index (κ2) is 6.40. The van der Waals surface area contributed by atoms with Crippen molar-refractivity contribution >= 4 is 6.16 Å². The molecule has 0 saturated heterocycles. The van der Waals surface area contributed by atoms with Gasteiger partial charge < -0.3 is 19.7 Å². The second-order valence-electron chi connectivity index (χ2n) is 4.10. The molecule has 22 heavy (non-hydrogen) atoms. The number of ether oxygens (including phenoxy) is 2. The summed E-state index contributed by atoms with van der Waals surface area (Å²) in [6.07, 6.45) is -1.36. The Balaban J connectivity index is 2.26. The van der Waals surface area contributed by atoms with Crippen molar-refractivity contribution in [3.8, 4) is 23.0 Å². The third kappa shape index (κ3) is 3.83. The minimum Gasteiger partial charge on any atom is -0.508 e. The monoisotopic (exact) mass is 302 g/mol. The number of carbonyl (C=O) groups excluding carboxylic acids is 1. The predicted octanol–water partition coefficient (Wildman–Crippen LogP) is 1.40. The highest BCUT2D eigenvalue weighted by Gasteiger charge is 2.12. The van der Waals surface area contributed by atoms with Crippen LogP contribution in [0.4, 0.5) is 4.79 Å². The van der Waals surface area contributed by atoms with Gasteiger partial charge in [0.1, 0.15) is 11.5 Å². The Kier molecular flexibility index (Phi) is 4.38. The molecule has 0 aromatic heterocycles. The van der Waals surface area contributed by atoms with Gasteiger partial charge in [-0.2, -0.15) is 0 Å². The molecule has 0 bridgehead atoms. The van der Waals surface area contributed by atoms with Crippen molar-refractivity contribution in [3.05, 3.63) is 69.0 Å². The molecule has 2 rings (SSSR count). The molecular formula is C15H10O7. The van der Waals surface area contributed by atoms with Gasteiger partial charge in [0.15, 0.2) is 11.5 Å². The largest absolute Gasteiger partial charge is 0.519 e. The highest BCUT2D eigenvalue weighted by molar-refractivity contribution is 5.67. The van der Waals surface area contributed by atoms with Gasteiger partial charge in [0.05, 0.1) is 0 Å². The first-order valence-electron chi connectivity index (χ1n) is 6.02. The summed E-state index contributed by atoms with van der Waals surface area (Å²) in [5.74, 6) is -1.52. The van der Waals surface area contributed by atoms with Gasteiger partial charge in [0.2, 0.25) is 10.9 Å². The van der Waals surface area contributed by atoms with Gasteiger partial charge in [0, 0.05) is 12.1 Å².